The van der Waals surface area contributed by atoms with Crippen molar-refractivity contribution in [3.8, 4) is 35.1 Å². The van der Waals surface area contributed by atoms with Crippen molar-refractivity contribution in [1.29, 1.82) is 10.5 Å². The van der Waals surface area contributed by atoms with Crippen molar-refractivity contribution in [2.24, 2.45) is 0 Å². The van der Waals surface area contributed by atoms with Gasteiger partial charge in [-0.05, 0) is 53.1 Å². The van der Waals surface area contributed by atoms with Crippen LogP contribution in [0.1, 0.15) is 27.8 Å². The average Bonchev–Trinajstić information content (AvgIpc) is 3.20. The minimum Gasteiger partial charge on any atom is -0.493 e. The van der Waals surface area contributed by atoms with E-state index in [1.807, 2.05) is 0 Å². The van der Waals surface area contributed by atoms with Gasteiger partial charge in [0, 0.05) is 11.1 Å². The molecule has 1 aliphatic carbocycles. The molecule has 0 aliphatic heterocycles. The Morgan fingerprint density at radius 1 is 0.757 bits per heavy atom. The van der Waals surface area contributed by atoms with Crippen molar-refractivity contribution in [2.75, 3.05) is 28.4 Å². The second kappa shape index (κ2) is 9.44. The van der Waals surface area contributed by atoms with Gasteiger partial charge >= 0.3 is 6.18 Å². The first-order chi connectivity index (χ1) is 17.7. The Bertz CT molecular complexity index is 1500. The Morgan fingerprint density at radius 3 is 1.95 bits per heavy atom. The molecule has 3 aromatic rings. The highest BCUT2D eigenvalue weighted by atomic mass is 19.4. The monoisotopic (exact) mass is 506 g/mol. The third-order valence-corrected chi connectivity index (χ3v) is 6.40. The number of allylic oxidation sites excluding steroid dienone is 2. The van der Waals surface area contributed by atoms with E-state index in [1.54, 1.807) is 30.3 Å². The molecule has 4 rings (SSSR count). The van der Waals surface area contributed by atoms with Crippen LogP contribution in [0.4, 0.5) is 13.2 Å². The standard InChI is InChI=1S/C28H21F3N2O4/c1-34-22-9-8-17(11-23(22)35-2)27(15-33)21-13-25(37-4)24(36-3)12-19(21)20(14-32)26(27)16-6-5-7-18(10-16)28(29,30)31/h5-13H,1-4H3. The molecule has 37 heavy (non-hydrogen) atoms. The highest BCUT2D eigenvalue weighted by Crippen LogP contribution is 2.57. The zero-order valence-electron chi connectivity index (χ0n) is 20.4. The smallest absolute Gasteiger partial charge is 0.416 e. The molecule has 1 aliphatic rings. The van der Waals surface area contributed by atoms with Crippen LogP contribution in [0.25, 0.3) is 11.1 Å². The molecule has 0 N–H and O–H groups in total. The average molecular weight is 506 g/mol. The van der Waals surface area contributed by atoms with E-state index in [0.29, 0.717) is 39.7 Å². The maximum atomic E-state index is 13.7. The van der Waals surface area contributed by atoms with Crippen molar-refractivity contribution < 1.29 is 32.1 Å². The number of rotatable bonds is 6. The Kier molecular flexibility index (Phi) is 6.49. The maximum Gasteiger partial charge on any atom is 0.416 e. The number of nitrogens with zero attached hydrogens (tertiary/aromatic N) is 2. The first-order valence-corrected chi connectivity index (χ1v) is 10.9. The summed E-state index contributed by atoms with van der Waals surface area (Å²) < 4.78 is 62.6. The predicted molar refractivity (Wildman–Crippen MR) is 129 cm³/mol. The summed E-state index contributed by atoms with van der Waals surface area (Å²) in [7, 11) is 5.74. The second-order valence-corrected chi connectivity index (χ2v) is 8.12. The molecule has 0 aromatic heterocycles. The maximum absolute atomic E-state index is 13.7. The number of nitriles is 2. The molecule has 0 spiro atoms. The molecule has 0 fully saturated rings. The summed E-state index contributed by atoms with van der Waals surface area (Å²) in [6, 6.07) is 17.0. The van der Waals surface area contributed by atoms with E-state index in [1.165, 1.54) is 40.6 Å². The molecule has 1 atom stereocenters. The van der Waals surface area contributed by atoms with Gasteiger partial charge in [0.1, 0.15) is 11.5 Å². The van der Waals surface area contributed by atoms with E-state index >= 15 is 0 Å². The normalized spacial score (nSPS) is 16.5. The van der Waals surface area contributed by atoms with Crippen LogP contribution in [0, 0.1) is 22.7 Å². The number of halogens is 3. The second-order valence-electron chi connectivity index (χ2n) is 8.12. The van der Waals surface area contributed by atoms with Gasteiger partial charge in [0.15, 0.2) is 23.0 Å². The Labute approximate surface area is 211 Å². The van der Waals surface area contributed by atoms with Crippen LogP contribution in [-0.2, 0) is 11.6 Å². The van der Waals surface area contributed by atoms with Gasteiger partial charge in [-0.15, -0.1) is 0 Å². The van der Waals surface area contributed by atoms with E-state index < -0.39 is 17.2 Å². The summed E-state index contributed by atoms with van der Waals surface area (Å²) in [5, 5.41) is 21.1. The van der Waals surface area contributed by atoms with Gasteiger partial charge in [-0.25, -0.2) is 0 Å². The number of hydrogen-bond donors (Lipinski definition) is 0. The van der Waals surface area contributed by atoms with Crippen molar-refractivity contribution in [1.82, 2.24) is 0 Å². The van der Waals surface area contributed by atoms with E-state index in [9.17, 15) is 23.7 Å². The molecule has 1 unspecified atom stereocenters. The van der Waals surface area contributed by atoms with Gasteiger partial charge in [0.05, 0.1) is 45.6 Å². The summed E-state index contributed by atoms with van der Waals surface area (Å²) in [6.07, 6.45) is -4.63. The van der Waals surface area contributed by atoms with Gasteiger partial charge < -0.3 is 18.9 Å². The van der Waals surface area contributed by atoms with Crippen molar-refractivity contribution in [2.45, 2.75) is 11.6 Å². The Morgan fingerprint density at radius 2 is 1.38 bits per heavy atom. The zero-order valence-corrected chi connectivity index (χ0v) is 20.4. The fourth-order valence-electron chi connectivity index (χ4n) is 4.73. The Balaban J connectivity index is 2.17. The molecule has 0 bridgehead atoms. The highest BCUT2D eigenvalue weighted by molar-refractivity contribution is 6.10. The minimum atomic E-state index is -4.63. The van der Waals surface area contributed by atoms with Crippen LogP contribution in [0.2, 0.25) is 0 Å². The fourth-order valence-corrected chi connectivity index (χ4v) is 4.73. The molecule has 9 heteroatoms. The fraction of sp³-hybridized carbons (Fsp3) is 0.214. The summed E-state index contributed by atoms with van der Waals surface area (Å²) in [6.45, 7) is 0. The van der Waals surface area contributed by atoms with Crippen LogP contribution >= 0.6 is 0 Å². The molecule has 6 nitrogen and oxygen atoms in total. The van der Waals surface area contributed by atoms with Crippen LogP contribution < -0.4 is 18.9 Å². The molecule has 188 valence electrons. The van der Waals surface area contributed by atoms with E-state index in [2.05, 4.69) is 12.1 Å². The predicted octanol–water partition coefficient (Wildman–Crippen LogP) is 6.00. The molecular formula is C28H21F3N2O4. The molecule has 0 amide bonds. The number of ether oxygens (including phenoxy) is 4. The zero-order chi connectivity index (χ0) is 27.0. The van der Waals surface area contributed by atoms with E-state index in [0.717, 1.165) is 12.1 Å². The van der Waals surface area contributed by atoms with Gasteiger partial charge in [-0.1, -0.05) is 18.2 Å². The summed E-state index contributed by atoms with van der Waals surface area (Å²) in [5.41, 5.74) is -1.26. The summed E-state index contributed by atoms with van der Waals surface area (Å²) in [5.74, 6) is 1.31. The lowest BCUT2D eigenvalue weighted by Gasteiger charge is -2.29. The van der Waals surface area contributed by atoms with Crippen LogP contribution in [0.3, 0.4) is 0 Å². The van der Waals surface area contributed by atoms with Gasteiger partial charge in [0.2, 0.25) is 0 Å². The van der Waals surface area contributed by atoms with Crippen LogP contribution in [0.15, 0.2) is 54.6 Å². The van der Waals surface area contributed by atoms with E-state index in [4.69, 9.17) is 18.9 Å². The quantitative estimate of drug-likeness (QED) is 0.408. The first-order valence-electron chi connectivity index (χ1n) is 10.9. The lowest BCUT2D eigenvalue weighted by Crippen LogP contribution is -2.26. The molecule has 0 saturated heterocycles. The SMILES string of the molecule is COc1ccc(C2(C#N)C(c3cccc(C(F)(F)F)c3)=C(C#N)c3cc(OC)c(OC)cc32)cc1OC. The van der Waals surface area contributed by atoms with Crippen molar-refractivity contribution in [3.05, 3.63) is 82.4 Å². The third kappa shape index (κ3) is 3.89. The Hall–Kier alpha value is -4.63. The van der Waals surface area contributed by atoms with Crippen molar-refractivity contribution >= 4 is 11.1 Å². The van der Waals surface area contributed by atoms with Gasteiger partial charge in [0.25, 0.3) is 0 Å². The summed E-state index contributed by atoms with van der Waals surface area (Å²) >= 11 is 0. The summed E-state index contributed by atoms with van der Waals surface area (Å²) in [4.78, 5) is 0. The molecule has 0 radical (unpaired) electrons. The molecular weight excluding hydrogens is 485 g/mol. The van der Waals surface area contributed by atoms with Gasteiger partial charge in [-0.2, -0.15) is 23.7 Å². The number of fused-ring (bicyclic) bond motifs is 1. The number of benzene rings is 3. The largest absolute Gasteiger partial charge is 0.493 e. The molecule has 0 saturated carbocycles. The topological polar surface area (TPSA) is 84.5 Å². The number of alkyl halides is 3. The van der Waals surface area contributed by atoms with Crippen molar-refractivity contribution in [3.63, 3.8) is 0 Å². The molecule has 0 heterocycles. The van der Waals surface area contributed by atoms with E-state index in [-0.39, 0.29) is 16.7 Å². The third-order valence-electron chi connectivity index (χ3n) is 6.40. The van der Waals surface area contributed by atoms with Crippen LogP contribution in [-0.4, -0.2) is 28.4 Å². The van der Waals surface area contributed by atoms with Crippen LogP contribution in [0.5, 0.6) is 23.0 Å². The lowest BCUT2D eigenvalue weighted by atomic mass is 9.70. The minimum absolute atomic E-state index is 0.0478. The molecule has 3 aromatic carbocycles. The van der Waals surface area contributed by atoms with Gasteiger partial charge in [-0.3, -0.25) is 0 Å². The highest BCUT2D eigenvalue weighted by Gasteiger charge is 2.49. The number of hydrogen-bond acceptors (Lipinski definition) is 6. The number of methoxy groups -OCH3 is 4. The first kappa shape index (κ1) is 25.5. The lowest BCUT2D eigenvalue weighted by molar-refractivity contribution is -0.137.